The summed E-state index contributed by atoms with van der Waals surface area (Å²) in [5.74, 6) is 0.0504. The maximum atomic E-state index is 10.2. The van der Waals surface area contributed by atoms with Crippen molar-refractivity contribution >= 4 is 10.9 Å². The Morgan fingerprint density at radius 2 is 1.58 bits per heavy atom. The Kier molecular flexibility index (Phi) is 3.43. The summed E-state index contributed by atoms with van der Waals surface area (Å²) in [7, 11) is 0. The van der Waals surface area contributed by atoms with Gasteiger partial charge in [-0.2, -0.15) is 5.10 Å². The van der Waals surface area contributed by atoms with Crippen LogP contribution in [-0.2, 0) is 6.54 Å². The SMILES string of the molecule is Oc1ccc(-c2nn(Cc3ccccc3)c3ccccc23)c(O)c1. The number of phenols is 2. The maximum absolute atomic E-state index is 10.2. The monoisotopic (exact) mass is 316 g/mol. The third-order valence-electron chi connectivity index (χ3n) is 4.07. The first-order chi connectivity index (χ1) is 11.7. The number of hydrogen-bond acceptors (Lipinski definition) is 3. The van der Waals surface area contributed by atoms with Crippen LogP contribution in [0.4, 0.5) is 0 Å². The van der Waals surface area contributed by atoms with Gasteiger partial charge in [0, 0.05) is 17.0 Å². The van der Waals surface area contributed by atoms with Crippen LogP contribution < -0.4 is 0 Å². The first-order valence-electron chi connectivity index (χ1n) is 7.74. The molecule has 0 saturated heterocycles. The van der Waals surface area contributed by atoms with Crippen LogP contribution >= 0.6 is 0 Å². The Labute approximate surface area is 139 Å². The molecule has 0 bridgehead atoms. The Morgan fingerprint density at radius 1 is 0.833 bits per heavy atom. The Morgan fingerprint density at radius 3 is 2.38 bits per heavy atom. The molecule has 4 rings (SSSR count). The van der Waals surface area contributed by atoms with E-state index in [1.165, 1.54) is 6.07 Å². The summed E-state index contributed by atoms with van der Waals surface area (Å²) in [6.45, 7) is 0.653. The predicted octanol–water partition coefficient (Wildman–Crippen LogP) is 4.16. The van der Waals surface area contributed by atoms with Gasteiger partial charge in [-0.05, 0) is 23.8 Å². The highest BCUT2D eigenvalue weighted by atomic mass is 16.3. The number of benzene rings is 3. The van der Waals surface area contributed by atoms with Crippen LogP contribution in [0.2, 0.25) is 0 Å². The van der Waals surface area contributed by atoms with E-state index >= 15 is 0 Å². The van der Waals surface area contributed by atoms with Gasteiger partial charge in [0.15, 0.2) is 0 Å². The molecule has 2 N–H and O–H groups in total. The molecule has 0 amide bonds. The van der Waals surface area contributed by atoms with E-state index in [4.69, 9.17) is 5.10 Å². The number of aromatic nitrogens is 2. The van der Waals surface area contributed by atoms with E-state index < -0.39 is 0 Å². The lowest BCUT2D eigenvalue weighted by atomic mass is 10.1. The van der Waals surface area contributed by atoms with E-state index in [1.807, 2.05) is 47.1 Å². The average molecular weight is 316 g/mol. The predicted molar refractivity (Wildman–Crippen MR) is 94.0 cm³/mol. The van der Waals surface area contributed by atoms with Crippen LogP contribution in [0.1, 0.15) is 5.56 Å². The molecule has 4 nitrogen and oxygen atoms in total. The van der Waals surface area contributed by atoms with Gasteiger partial charge in [0.1, 0.15) is 17.2 Å². The van der Waals surface area contributed by atoms with Gasteiger partial charge in [0.25, 0.3) is 0 Å². The second kappa shape index (κ2) is 5.74. The van der Waals surface area contributed by atoms with Crippen LogP contribution in [-0.4, -0.2) is 20.0 Å². The van der Waals surface area contributed by atoms with E-state index in [1.54, 1.807) is 12.1 Å². The largest absolute Gasteiger partial charge is 0.508 e. The fourth-order valence-electron chi connectivity index (χ4n) is 2.92. The smallest absolute Gasteiger partial charge is 0.128 e. The van der Waals surface area contributed by atoms with Gasteiger partial charge in [-0.3, -0.25) is 4.68 Å². The van der Waals surface area contributed by atoms with Crippen molar-refractivity contribution < 1.29 is 10.2 Å². The van der Waals surface area contributed by atoms with Crippen LogP contribution in [0, 0.1) is 0 Å². The molecule has 4 aromatic rings. The summed E-state index contributed by atoms with van der Waals surface area (Å²) in [5.41, 5.74) is 3.48. The molecule has 118 valence electrons. The highest BCUT2D eigenvalue weighted by molar-refractivity contribution is 5.94. The van der Waals surface area contributed by atoms with Crippen molar-refractivity contribution in [3.63, 3.8) is 0 Å². The second-order valence-corrected chi connectivity index (χ2v) is 5.71. The van der Waals surface area contributed by atoms with E-state index in [9.17, 15) is 10.2 Å². The van der Waals surface area contributed by atoms with Gasteiger partial charge >= 0.3 is 0 Å². The second-order valence-electron chi connectivity index (χ2n) is 5.71. The first-order valence-corrected chi connectivity index (χ1v) is 7.74. The average Bonchev–Trinajstić information content (AvgIpc) is 2.95. The minimum atomic E-state index is 0.0186. The third-order valence-corrected chi connectivity index (χ3v) is 4.07. The molecule has 0 saturated carbocycles. The topological polar surface area (TPSA) is 58.3 Å². The number of nitrogens with zero attached hydrogens (tertiary/aromatic N) is 2. The van der Waals surface area contributed by atoms with Crippen LogP contribution in [0.25, 0.3) is 22.2 Å². The lowest BCUT2D eigenvalue weighted by molar-refractivity contribution is 0.451. The zero-order valence-corrected chi connectivity index (χ0v) is 12.9. The van der Waals surface area contributed by atoms with Gasteiger partial charge in [0.05, 0.1) is 12.1 Å². The summed E-state index contributed by atoms with van der Waals surface area (Å²) in [6.07, 6.45) is 0. The zero-order valence-electron chi connectivity index (χ0n) is 12.9. The molecule has 24 heavy (non-hydrogen) atoms. The number of para-hydroxylation sites is 1. The van der Waals surface area contributed by atoms with E-state index in [-0.39, 0.29) is 11.5 Å². The molecule has 0 fully saturated rings. The molecular formula is C20H16N2O2. The summed E-state index contributed by atoms with van der Waals surface area (Å²) < 4.78 is 1.94. The van der Waals surface area contributed by atoms with E-state index in [2.05, 4.69) is 12.1 Å². The molecule has 0 aliphatic heterocycles. The fourth-order valence-corrected chi connectivity index (χ4v) is 2.92. The third kappa shape index (κ3) is 2.48. The molecule has 0 aliphatic rings. The van der Waals surface area contributed by atoms with Crippen molar-refractivity contribution in [3.8, 4) is 22.8 Å². The van der Waals surface area contributed by atoms with Crippen LogP contribution in [0.5, 0.6) is 11.5 Å². The van der Waals surface area contributed by atoms with Crippen molar-refractivity contribution in [2.24, 2.45) is 0 Å². The Balaban J connectivity index is 1.88. The van der Waals surface area contributed by atoms with Crippen molar-refractivity contribution in [2.45, 2.75) is 6.54 Å². The number of rotatable bonds is 3. The quantitative estimate of drug-likeness (QED) is 0.596. The van der Waals surface area contributed by atoms with Gasteiger partial charge in [-0.1, -0.05) is 48.5 Å². The molecule has 0 radical (unpaired) electrons. The molecule has 0 unspecified atom stereocenters. The summed E-state index contributed by atoms with van der Waals surface area (Å²) in [5, 5.41) is 25.4. The molecular weight excluding hydrogens is 300 g/mol. The van der Waals surface area contributed by atoms with E-state index in [0.717, 1.165) is 16.5 Å². The summed E-state index contributed by atoms with van der Waals surface area (Å²) in [4.78, 5) is 0. The minimum absolute atomic E-state index is 0.0186. The Hall–Kier alpha value is -3.27. The number of fused-ring (bicyclic) bond motifs is 1. The molecule has 1 aromatic heterocycles. The maximum Gasteiger partial charge on any atom is 0.128 e. The molecule has 3 aromatic carbocycles. The minimum Gasteiger partial charge on any atom is -0.508 e. The standard InChI is InChI=1S/C20H16N2O2/c23-15-10-11-17(19(24)12-15)20-16-8-4-5-9-18(16)22(21-20)13-14-6-2-1-3-7-14/h1-12,23-24H,13H2. The van der Waals surface area contributed by atoms with Gasteiger partial charge in [0.2, 0.25) is 0 Å². The molecule has 0 aliphatic carbocycles. The highest BCUT2D eigenvalue weighted by Gasteiger charge is 2.15. The highest BCUT2D eigenvalue weighted by Crippen LogP contribution is 2.35. The van der Waals surface area contributed by atoms with Gasteiger partial charge in [-0.25, -0.2) is 0 Å². The summed E-state index contributed by atoms with van der Waals surface area (Å²) in [6, 6.07) is 22.7. The lowest BCUT2D eigenvalue weighted by Gasteiger charge is -2.04. The van der Waals surface area contributed by atoms with Gasteiger partial charge in [-0.15, -0.1) is 0 Å². The number of hydrogen-bond donors (Lipinski definition) is 2. The van der Waals surface area contributed by atoms with Crippen molar-refractivity contribution in [1.82, 2.24) is 9.78 Å². The number of aromatic hydroxyl groups is 2. The first kappa shape index (κ1) is 14.3. The zero-order chi connectivity index (χ0) is 16.5. The molecule has 4 heteroatoms. The summed E-state index contributed by atoms with van der Waals surface area (Å²) >= 11 is 0. The number of phenolic OH excluding ortho intramolecular Hbond substituents is 2. The van der Waals surface area contributed by atoms with E-state index in [0.29, 0.717) is 17.8 Å². The molecule has 0 atom stereocenters. The van der Waals surface area contributed by atoms with Crippen LogP contribution in [0.15, 0.2) is 72.8 Å². The van der Waals surface area contributed by atoms with Gasteiger partial charge < -0.3 is 10.2 Å². The van der Waals surface area contributed by atoms with Crippen molar-refractivity contribution in [2.75, 3.05) is 0 Å². The van der Waals surface area contributed by atoms with Crippen molar-refractivity contribution in [3.05, 3.63) is 78.4 Å². The normalized spacial score (nSPS) is 11.0. The molecule has 0 spiro atoms. The molecule has 1 heterocycles. The van der Waals surface area contributed by atoms with Crippen molar-refractivity contribution in [1.29, 1.82) is 0 Å². The fraction of sp³-hybridized carbons (Fsp3) is 0.0500. The lowest BCUT2D eigenvalue weighted by Crippen LogP contribution is -2.01. The van der Waals surface area contributed by atoms with Crippen LogP contribution in [0.3, 0.4) is 0 Å². The Bertz CT molecular complexity index is 1010.